The van der Waals surface area contributed by atoms with Gasteiger partial charge in [0.2, 0.25) is 0 Å². The highest BCUT2D eigenvalue weighted by molar-refractivity contribution is 6.30. The Morgan fingerprint density at radius 2 is 2.35 bits per heavy atom. The van der Waals surface area contributed by atoms with Gasteiger partial charge in [0.25, 0.3) is 0 Å². The highest BCUT2D eigenvalue weighted by Gasteiger charge is 2.49. The van der Waals surface area contributed by atoms with Crippen LogP contribution in [0.5, 0.6) is 0 Å². The molecule has 0 spiro atoms. The Bertz CT molecular complexity index is 400. The van der Waals surface area contributed by atoms with Gasteiger partial charge in [0, 0.05) is 23.6 Å². The fourth-order valence-corrected chi connectivity index (χ4v) is 2.64. The second kappa shape index (κ2) is 4.58. The Kier molecular flexibility index (Phi) is 3.46. The van der Waals surface area contributed by atoms with E-state index >= 15 is 0 Å². The van der Waals surface area contributed by atoms with Crippen LogP contribution in [0.15, 0.2) is 24.3 Å². The highest BCUT2D eigenvalue weighted by Crippen LogP contribution is 2.45. The van der Waals surface area contributed by atoms with Crippen molar-refractivity contribution < 1.29 is 9.84 Å². The van der Waals surface area contributed by atoms with Crippen LogP contribution in [0, 0.1) is 5.41 Å². The number of hydrogen-bond donors (Lipinski definition) is 2. The Balaban J connectivity index is 2.40. The molecule has 2 atom stereocenters. The number of aliphatic hydroxyl groups is 1. The average molecular weight is 256 g/mol. The quantitative estimate of drug-likeness (QED) is 0.868. The van der Waals surface area contributed by atoms with Crippen LogP contribution < -0.4 is 5.73 Å². The predicted octanol–water partition coefficient (Wildman–Crippen LogP) is 1.91. The average Bonchev–Trinajstić information content (AvgIpc) is 2.79. The molecule has 1 saturated heterocycles. The van der Waals surface area contributed by atoms with Gasteiger partial charge in [-0.3, -0.25) is 0 Å². The van der Waals surface area contributed by atoms with E-state index in [0.29, 0.717) is 24.8 Å². The summed E-state index contributed by atoms with van der Waals surface area (Å²) < 4.78 is 5.42. The zero-order valence-corrected chi connectivity index (χ0v) is 10.7. The largest absolute Gasteiger partial charge is 0.385 e. The Hall–Kier alpha value is -0.610. The third-order valence-electron chi connectivity index (χ3n) is 3.91. The van der Waals surface area contributed by atoms with Gasteiger partial charge in [-0.2, -0.15) is 0 Å². The summed E-state index contributed by atoms with van der Waals surface area (Å²) in [5.41, 5.74) is 5.21. The summed E-state index contributed by atoms with van der Waals surface area (Å²) in [6, 6.07) is 7.30. The standard InChI is InChI=1S/C13H18ClNO2/c1-12(16,10-3-2-4-11(14)7-10)13(8-15)5-6-17-9-13/h2-4,7,16H,5-6,8-9,15H2,1H3. The van der Waals surface area contributed by atoms with E-state index in [2.05, 4.69) is 0 Å². The van der Waals surface area contributed by atoms with E-state index in [-0.39, 0.29) is 0 Å². The summed E-state index contributed by atoms with van der Waals surface area (Å²) in [6.45, 7) is 3.32. The first kappa shape index (κ1) is 12.8. The van der Waals surface area contributed by atoms with Crippen molar-refractivity contribution in [2.24, 2.45) is 11.1 Å². The third-order valence-corrected chi connectivity index (χ3v) is 4.15. The van der Waals surface area contributed by atoms with Crippen LogP contribution in [-0.2, 0) is 10.3 Å². The van der Waals surface area contributed by atoms with Crippen LogP contribution in [0.2, 0.25) is 5.02 Å². The van der Waals surface area contributed by atoms with Gasteiger partial charge in [0.15, 0.2) is 0 Å². The summed E-state index contributed by atoms with van der Waals surface area (Å²) >= 11 is 5.97. The molecule has 1 aromatic rings. The monoisotopic (exact) mass is 255 g/mol. The van der Waals surface area contributed by atoms with E-state index in [9.17, 15) is 5.11 Å². The molecule has 0 amide bonds. The minimum atomic E-state index is -1.02. The van der Waals surface area contributed by atoms with Crippen molar-refractivity contribution in [3.63, 3.8) is 0 Å². The van der Waals surface area contributed by atoms with Gasteiger partial charge < -0.3 is 15.6 Å². The number of rotatable bonds is 3. The molecule has 0 aliphatic carbocycles. The molecule has 1 aliphatic heterocycles. The fraction of sp³-hybridized carbons (Fsp3) is 0.538. The zero-order valence-electron chi connectivity index (χ0n) is 9.95. The maximum absolute atomic E-state index is 10.8. The second-order valence-corrected chi connectivity index (χ2v) is 5.31. The van der Waals surface area contributed by atoms with E-state index < -0.39 is 11.0 Å². The zero-order chi connectivity index (χ0) is 12.5. The fourth-order valence-electron chi connectivity index (χ4n) is 2.45. The highest BCUT2D eigenvalue weighted by atomic mass is 35.5. The summed E-state index contributed by atoms with van der Waals surface area (Å²) in [6.07, 6.45) is 0.767. The van der Waals surface area contributed by atoms with Crippen molar-refractivity contribution >= 4 is 11.6 Å². The van der Waals surface area contributed by atoms with E-state index in [0.717, 1.165) is 12.0 Å². The normalized spacial score (nSPS) is 28.0. The second-order valence-electron chi connectivity index (χ2n) is 4.87. The Morgan fingerprint density at radius 1 is 1.59 bits per heavy atom. The molecule has 0 bridgehead atoms. The topological polar surface area (TPSA) is 55.5 Å². The maximum atomic E-state index is 10.8. The van der Waals surface area contributed by atoms with Crippen LogP contribution in [0.25, 0.3) is 0 Å². The molecule has 94 valence electrons. The van der Waals surface area contributed by atoms with Crippen LogP contribution in [0.1, 0.15) is 18.9 Å². The first-order valence-electron chi connectivity index (χ1n) is 5.78. The van der Waals surface area contributed by atoms with Crippen LogP contribution >= 0.6 is 11.6 Å². The molecule has 0 aromatic heterocycles. The molecule has 3 nitrogen and oxygen atoms in total. The van der Waals surface area contributed by atoms with Crippen molar-refractivity contribution in [3.8, 4) is 0 Å². The first-order chi connectivity index (χ1) is 8.02. The number of nitrogens with two attached hydrogens (primary N) is 1. The van der Waals surface area contributed by atoms with E-state index in [4.69, 9.17) is 22.1 Å². The molecule has 4 heteroatoms. The lowest BCUT2D eigenvalue weighted by Gasteiger charge is -2.41. The molecular formula is C13H18ClNO2. The first-order valence-corrected chi connectivity index (χ1v) is 6.16. The van der Waals surface area contributed by atoms with Gasteiger partial charge in [0.05, 0.1) is 12.2 Å². The molecule has 0 radical (unpaired) electrons. The number of ether oxygens (including phenoxy) is 1. The molecule has 0 saturated carbocycles. The van der Waals surface area contributed by atoms with Crippen molar-refractivity contribution in [1.82, 2.24) is 0 Å². The molecule has 1 aromatic carbocycles. The number of hydrogen-bond acceptors (Lipinski definition) is 3. The summed E-state index contributed by atoms with van der Waals surface area (Å²) in [4.78, 5) is 0. The predicted molar refractivity (Wildman–Crippen MR) is 67.9 cm³/mol. The van der Waals surface area contributed by atoms with Crippen LogP contribution in [-0.4, -0.2) is 24.9 Å². The summed E-state index contributed by atoms with van der Waals surface area (Å²) in [7, 11) is 0. The van der Waals surface area contributed by atoms with Gasteiger partial charge >= 0.3 is 0 Å². The van der Waals surface area contributed by atoms with Crippen LogP contribution in [0.3, 0.4) is 0 Å². The maximum Gasteiger partial charge on any atom is 0.0960 e. The van der Waals surface area contributed by atoms with Gasteiger partial charge in [-0.05, 0) is 31.0 Å². The van der Waals surface area contributed by atoms with Gasteiger partial charge in [-0.15, -0.1) is 0 Å². The summed E-state index contributed by atoms with van der Waals surface area (Å²) in [5.74, 6) is 0. The molecule has 17 heavy (non-hydrogen) atoms. The molecule has 3 N–H and O–H groups in total. The molecule has 1 fully saturated rings. The lowest BCUT2D eigenvalue weighted by Crippen LogP contribution is -2.49. The number of halogens is 1. The SMILES string of the molecule is CC(O)(c1cccc(Cl)c1)C1(CN)CCOC1. The van der Waals surface area contributed by atoms with Gasteiger partial charge in [-0.25, -0.2) is 0 Å². The van der Waals surface area contributed by atoms with Crippen molar-refractivity contribution in [3.05, 3.63) is 34.9 Å². The Labute approximate surface area is 107 Å². The molecule has 2 rings (SSSR count). The van der Waals surface area contributed by atoms with E-state index in [1.807, 2.05) is 12.1 Å². The van der Waals surface area contributed by atoms with Gasteiger partial charge in [-0.1, -0.05) is 23.7 Å². The van der Waals surface area contributed by atoms with E-state index in [1.165, 1.54) is 0 Å². The number of benzene rings is 1. The van der Waals surface area contributed by atoms with Crippen molar-refractivity contribution in [2.75, 3.05) is 19.8 Å². The minimum absolute atomic E-state index is 0.395. The molecule has 1 aliphatic rings. The van der Waals surface area contributed by atoms with Crippen LogP contribution in [0.4, 0.5) is 0 Å². The third kappa shape index (κ3) is 2.08. The van der Waals surface area contributed by atoms with E-state index in [1.54, 1.807) is 19.1 Å². The molecular weight excluding hydrogens is 238 g/mol. The van der Waals surface area contributed by atoms with Crippen molar-refractivity contribution in [1.29, 1.82) is 0 Å². The lowest BCUT2D eigenvalue weighted by molar-refractivity contribution is -0.0747. The smallest absolute Gasteiger partial charge is 0.0960 e. The molecule has 2 unspecified atom stereocenters. The van der Waals surface area contributed by atoms with Crippen molar-refractivity contribution in [2.45, 2.75) is 18.9 Å². The summed E-state index contributed by atoms with van der Waals surface area (Å²) in [5, 5.41) is 11.5. The van der Waals surface area contributed by atoms with Gasteiger partial charge in [0.1, 0.15) is 0 Å². The minimum Gasteiger partial charge on any atom is -0.385 e. The lowest BCUT2D eigenvalue weighted by atomic mass is 9.69. The Morgan fingerprint density at radius 3 is 2.88 bits per heavy atom. The molecule has 1 heterocycles.